The Balaban J connectivity index is 1.45. The van der Waals surface area contributed by atoms with E-state index in [1.165, 1.54) is 19.2 Å². The molecule has 2 aromatic carbocycles. The third-order valence-corrected chi connectivity index (χ3v) is 11.8. The minimum absolute atomic E-state index is 0.185. The number of nitrogens with one attached hydrogen (secondary N) is 2. The molecule has 2 unspecified atom stereocenters. The van der Waals surface area contributed by atoms with Crippen molar-refractivity contribution in [1.82, 2.24) is 14.5 Å². The van der Waals surface area contributed by atoms with E-state index >= 15 is 4.39 Å². The summed E-state index contributed by atoms with van der Waals surface area (Å²) in [5.74, 6) is -0.758. The number of piperazine rings is 1. The smallest absolute Gasteiger partial charge is 0.407 e. The molecule has 3 heterocycles. The van der Waals surface area contributed by atoms with Crippen LogP contribution in [0.15, 0.2) is 42.5 Å². The van der Waals surface area contributed by atoms with Crippen molar-refractivity contribution in [3.63, 3.8) is 0 Å². The van der Waals surface area contributed by atoms with Gasteiger partial charge in [0, 0.05) is 53.9 Å². The first-order valence-electron chi connectivity index (χ1n) is 15.5. The highest BCUT2D eigenvalue weighted by Gasteiger charge is 2.52. The van der Waals surface area contributed by atoms with Crippen molar-refractivity contribution in [2.45, 2.75) is 88.1 Å². The molecule has 0 aliphatic carbocycles. The Hall–Kier alpha value is -2.45. The molecule has 0 radical (unpaired) electrons. The Bertz CT molecular complexity index is 1370. The van der Waals surface area contributed by atoms with Crippen molar-refractivity contribution in [3.8, 4) is 0 Å². The van der Waals surface area contributed by atoms with Gasteiger partial charge < -0.3 is 20.5 Å². The molecule has 2 bridgehead atoms. The van der Waals surface area contributed by atoms with Crippen LogP contribution in [0.1, 0.15) is 57.1 Å². The molecule has 13 heteroatoms. The number of anilines is 1. The normalized spacial score (nSPS) is 30.9. The van der Waals surface area contributed by atoms with Gasteiger partial charge in [0.15, 0.2) is 0 Å². The Morgan fingerprint density at radius 1 is 1.20 bits per heavy atom. The van der Waals surface area contributed by atoms with Crippen molar-refractivity contribution in [3.05, 3.63) is 64.4 Å². The summed E-state index contributed by atoms with van der Waals surface area (Å²) in [7, 11) is -1.54. The lowest BCUT2D eigenvalue weighted by atomic mass is 9.65. The fraction of sp³-hybridized carbons (Fsp3) is 0.562. The maximum absolute atomic E-state index is 15.4. The zero-order valence-electron chi connectivity index (χ0n) is 25.9. The van der Waals surface area contributed by atoms with Crippen molar-refractivity contribution >= 4 is 40.1 Å². The fourth-order valence-corrected chi connectivity index (χ4v) is 9.61. The predicted octanol–water partition coefficient (Wildman–Crippen LogP) is 5.96. The van der Waals surface area contributed by atoms with E-state index in [4.69, 9.17) is 16.3 Å². The van der Waals surface area contributed by atoms with Crippen LogP contribution in [0.3, 0.4) is 0 Å². The zero-order valence-corrected chi connectivity index (χ0v) is 27.5. The van der Waals surface area contributed by atoms with Gasteiger partial charge in [-0.25, -0.2) is 13.5 Å². The summed E-state index contributed by atoms with van der Waals surface area (Å²) in [4.78, 5) is 27.9. The number of halogens is 2. The van der Waals surface area contributed by atoms with E-state index < -0.39 is 40.1 Å². The second kappa shape index (κ2) is 13.7. The lowest BCUT2D eigenvalue weighted by molar-refractivity contribution is -0.129. The Morgan fingerprint density at radius 3 is 2.56 bits per heavy atom. The van der Waals surface area contributed by atoms with Crippen LogP contribution in [0.2, 0.25) is 5.02 Å². The summed E-state index contributed by atoms with van der Waals surface area (Å²) in [6.07, 6.45) is 1.21. The highest BCUT2D eigenvalue weighted by Crippen LogP contribution is 2.49. The van der Waals surface area contributed by atoms with Crippen LogP contribution in [0.4, 0.5) is 14.9 Å². The highest BCUT2D eigenvalue weighted by molar-refractivity contribution is 8.22. The van der Waals surface area contributed by atoms with E-state index in [1.807, 2.05) is 26.0 Å². The number of likely N-dealkylation sites (N-methyl/N-ethyl adjacent to an activating group) is 1. The SMILES string of the molecule is C[C@@H]1CC(c2ccc(Cl)cc2)([C@@H](C(=O)Nc2cccc(F)c2CC[C@H]2CN[C@@H]3CCCS(O)(O)N2C3)N(C)C(=O)O)C[C@H](C)O1. The maximum Gasteiger partial charge on any atom is 0.407 e. The third-order valence-electron chi connectivity index (χ3n) is 9.55. The molecule has 0 aromatic heterocycles. The number of carboxylic acid groups (broad SMARTS) is 1. The van der Waals surface area contributed by atoms with Crippen LogP contribution in [0.25, 0.3) is 0 Å². The van der Waals surface area contributed by atoms with E-state index in [0.717, 1.165) is 23.3 Å². The number of amides is 2. The quantitative estimate of drug-likeness (QED) is 0.233. The molecule has 7 atom stereocenters. The van der Waals surface area contributed by atoms with Crippen molar-refractivity contribution < 1.29 is 32.9 Å². The molecule has 2 aromatic rings. The molecule has 2 amide bonds. The van der Waals surface area contributed by atoms with Gasteiger partial charge in [-0.15, -0.1) is 10.8 Å². The topological polar surface area (TPSA) is 135 Å². The molecule has 248 valence electrons. The van der Waals surface area contributed by atoms with Gasteiger partial charge in [-0.2, -0.15) is 0 Å². The van der Waals surface area contributed by atoms with Gasteiger partial charge in [-0.3, -0.25) is 18.8 Å². The van der Waals surface area contributed by atoms with Crippen LogP contribution in [-0.4, -0.2) is 91.6 Å². The summed E-state index contributed by atoms with van der Waals surface area (Å²) < 4.78 is 45.0. The second-order valence-corrected chi connectivity index (χ2v) is 15.3. The minimum Gasteiger partial charge on any atom is -0.465 e. The molecule has 45 heavy (non-hydrogen) atoms. The van der Waals surface area contributed by atoms with Crippen molar-refractivity contribution in [1.29, 1.82) is 0 Å². The number of rotatable bonds is 8. The first-order chi connectivity index (χ1) is 21.3. The summed E-state index contributed by atoms with van der Waals surface area (Å²) in [5.41, 5.74) is 0.344. The molecule has 3 aliphatic rings. The molecular weight excluding hydrogens is 623 g/mol. The van der Waals surface area contributed by atoms with E-state index in [9.17, 15) is 23.8 Å². The van der Waals surface area contributed by atoms with E-state index in [0.29, 0.717) is 43.1 Å². The number of nitrogens with zero attached hydrogens (tertiary/aromatic N) is 2. The number of fused-ring (bicyclic) bond motifs is 2. The molecule has 3 aliphatic heterocycles. The Morgan fingerprint density at radius 2 is 1.89 bits per heavy atom. The Kier molecular flexibility index (Phi) is 10.3. The minimum atomic E-state index is -2.92. The van der Waals surface area contributed by atoms with E-state index in [1.54, 1.807) is 22.5 Å². The van der Waals surface area contributed by atoms with Crippen LogP contribution >= 0.6 is 22.4 Å². The third kappa shape index (κ3) is 7.27. The first kappa shape index (κ1) is 33.9. The van der Waals surface area contributed by atoms with E-state index in [2.05, 4.69) is 10.6 Å². The number of carbonyl (C=O) groups is 2. The number of hydrogen-bond acceptors (Lipinski definition) is 7. The maximum atomic E-state index is 15.4. The predicted molar refractivity (Wildman–Crippen MR) is 175 cm³/mol. The molecule has 5 N–H and O–H groups in total. The average molecular weight is 667 g/mol. The highest BCUT2D eigenvalue weighted by atomic mass is 35.5. The number of hydrogen-bond donors (Lipinski definition) is 5. The molecular formula is C32H44ClFN4O6S. The second-order valence-electron chi connectivity index (χ2n) is 12.8. The summed E-state index contributed by atoms with van der Waals surface area (Å²) >= 11 is 6.21. The van der Waals surface area contributed by atoms with Gasteiger partial charge in [0.1, 0.15) is 11.9 Å². The van der Waals surface area contributed by atoms with Crippen LogP contribution in [0.5, 0.6) is 0 Å². The molecule has 0 saturated carbocycles. The molecule has 0 spiro atoms. The molecule has 5 rings (SSSR count). The number of ether oxygens (including phenoxy) is 1. The molecule has 3 saturated heterocycles. The summed E-state index contributed by atoms with van der Waals surface area (Å²) in [6, 6.07) is 10.4. The van der Waals surface area contributed by atoms with Crippen LogP contribution in [-0.2, 0) is 21.4 Å². The fourth-order valence-electron chi connectivity index (χ4n) is 7.62. The van der Waals surface area contributed by atoms with Gasteiger partial charge in [0.05, 0.1) is 18.0 Å². The van der Waals surface area contributed by atoms with Crippen molar-refractivity contribution in [2.75, 3.05) is 31.2 Å². The lowest BCUT2D eigenvalue weighted by Crippen LogP contribution is -2.60. The van der Waals surface area contributed by atoms with Crippen LogP contribution < -0.4 is 10.6 Å². The van der Waals surface area contributed by atoms with E-state index in [-0.39, 0.29) is 42.0 Å². The number of benzene rings is 2. The largest absolute Gasteiger partial charge is 0.465 e. The Labute approximate surface area is 270 Å². The first-order valence-corrected chi connectivity index (χ1v) is 17.6. The standard InChI is InChI=1S/C32H44ClFN4O6S/c1-20-16-32(17-21(2)44-20,22-9-11-23(33)12-10-22)29(37(3)31(40)41)30(39)36-28-8-4-7-27(34)26(28)14-13-25-18-35-24-6-5-15-45(42,43)38(25)19-24/h4,7-12,20-21,24-25,29,35,42-43H,5-6,13-19H2,1-3H3,(H,36,39)(H,40,41)/t20-,21+,24-,25+,29-,32?/m1/s1. The summed E-state index contributed by atoms with van der Waals surface area (Å²) in [6.45, 7) is 4.87. The van der Waals surface area contributed by atoms with Gasteiger partial charge in [0.2, 0.25) is 5.91 Å². The molecule has 3 fully saturated rings. The van der Waals surface area contributed by atoms with Gasteiger partial charge >= 0.3 is 6.09 Å². The van der Waals surface area contributed by atoms with Gasteiger partial charge in [0.25, 0.3) is 0 Å². The number of carbonyl (C=O) groups excluding carboxylic acids is 1. The van der Waals surface area contributed by atoms with Crippen molar-refractivity contribution in [2.24, 2.45) is 0 Å². The van der Waals surface area contributed by atoms with Crippen LogP contribution in [0, 0.1) is 5.82 Å². The lowest BCUT2D eigenvalue weighted by Gasteiger charge is -2.49. The monoisotopic (exact) mass is 666 g/mol. The van der Waals surface area contributed by atoms with Gasteiger partial charge in [-0.1, -0.05) is 29.8 Å². The van der Waals surface area contributed by atoms with Gasteiger partial charge in [-0.05, 0) is 82.2 Å². The zero-order chi connectivity index (χ0) is 32.5. The summed E-state index contributed by atoms with van der Waals surface area (Å²) in [5, 5.41) is 17.1. The average Bonchev–Trinajstić information content (AvgIpc) is 3.08. The molecule has 10 nitrogen and oxygen atoms in total.